The Balaban J connectivity index is 0.00000324. The van der Waals surface area contributed by atoms with E-state index in [1.54, 1.807) is 0 Å². The molecule has 1 atom stereocenters. The first-order valence-corrected chi connectivity index (χ1v) is 7.33. The van der Waals surface area contributed by atoms with Gasteiger partial charge in [-0.15, -0.1) is 0 Å². The van der Waals surface area contributed by atoms with Crippen LogP contribution in [0.25, 0.3) is 0 Å². The molecule has 0 N–H and O–H groups in total. The molecule has 0 aromatic rings. The van der Waals surface area contributed by atoms with Gasteiger partial charge in [0.15, 0.2) is 5.78 Å². The second-order valence-electron chi connectivity index (χ2n) is 4.52. The molecule has 1 saturated heterocycles. The third-order valence-corrected chi connectivity index (χ3v) is 4.34. The molecule has 0 bridgehead atoms. The molecule has 0 saturated carbocycles. The molecule has 1 fully saturated rings. The minimum absolute atomic E-state index is 0. The third-order valence-electron chi connectivity index (χ3n) is 3.17. The second-order valence-corrected chi connectivity index (χ2v) is 6.08. The Morgan fingerprint density at radius 3 is 2.32 bits per heavy atom. The molecule has 0 aromatic heterocycles. The van der Waals surface area contributed by atoms with Crippen molar-refractivity contribution in [1.29, 1.82) is 0 Å². The van der Waals surface area contributed by atoms with E-state index in [2.05, 4.69) is 16.4 Å². The number of hydrogen-bond donors (Lipinski definition) is 0. The number of allylic oxidation sites excluding steroid dienone is 1. The van der Waals surface area contributed by atoms with E-state index in [0.29, 0.717) is 6.54 Å². The quantitative estimate of drug-likeness (QED) is 0.285. The van der Waals surface area contributed by atoms with E-state index in [-0.39, 0.29) is 36.0 Å². The maximum absolute atomic E-state index is 11.4. The molecule has 0 aliphatic carbocycles. The van der Waals surface area contributed by atoms with Gasteiger partial charge in [-0.2, -0.15) is 0 Å². The van der Waals surface area contributed by atoms with Crippen LogP contribution in [0, 0.1) is 0 Å². The van der Waals surface area contributed by atoms with Gasteiger partial charge < -0.3 is 14.4 Å². The Hall–Kier alpha value is 0.240. The van der Waals surface area contributed by atoms with Crippen LogP contribution in [0.5, 0.6) is 0 Å². The van der Waals surface area contributed by atoms with Gasteiger partial charge >= 0.3 is 29.6 Å². The molecular formula is C11H19N2NaO4S. The first-order chi connectivity index (χ1) is 8.34. The van der Waals surface area contributed by atoms with Crippen LogP contribution in [0.3, 0.4) is 0 Å². The molecular weight excluding hydrogens is 279 g/mol. The smallest absolute Gasteiger partial charge is 0.747 e. The predicted octanol–water partition coefficient (Wildman–Crippen LogP) is -3.70. The van der Waals surface area contributed by atoms with Crippen LogP contribution in [-0.2, 0) is 14.9 Å². The Morgan fingerprint density at radius 1 is 1.37 bits per heavy atom. The van der Waals surface area contributed by atoms with Crippen LogP contribution < -0.4 is 29.6 Å². The fraction of sp³-hybridized carbons (Fsp3) is 0.727. The molecule has 0 amide bonds. The van der Waals surface area contributed by atoms with E-state index in [0.717, 1.165) is 32.3 Å². The fourth-order valence-corrected chi connectivity index (χ4v) is 2.71. The third kappa shape index (κ3) is 6.48. The number of carbonyl (C=O) groups is 1. The largest absolute Gasteiger partial charge is 1.00 e. The van der Waals surface area contributed by atoms with Crippen molar-refractivity contribution in [3.63, 3.8) is 0 Å². The Morgan fingerprint density at radius 2 is 1.89 bits per heavy atom. The van der Waals surface area contributed by atoms with E-state index in [1.807, 2.05) is 7.05 Å². The minimum atomic E-state index is -4.60. The summed E-state index contributed by atoms with van der Waals surface area (Å²) in [6.45, 7) is 7.13. The molecule has 8 heteroatoms. The van der Waals surface area contributed by atoms with Crippen LogP contribution in [0.2, 0.25) is 0 Å². The monoisotopic (exact) mass is 298 g/mol. The SMILES string of the molecule is C=CC(=O)C(CCN1CCN(C)CC1)S(=O)(=O)[O-].[Na+]. The summed E-state index contributed by atoms with van der Waals surface area (Å²) in [6, 6.07) is 0. The number of rotatable bonds is 6. The van der Waals surface area contributed by atoms with E-state index < -0.39 is 21.2 Å². The molecule has 1 unspecified atom stereocenters. The fourth-order valence-electron chi connectivity index (χ4n) is 1.93. The maximum atomic E-state index is 11.4. The van der Waals surface area contributed by atoms with Gasteiger partial charge in [-0.1, -0.05) is 6.58 Å². The van der Waals surface area contributed by atoms with E-state index >= 15 is 0 Å². The number of piperazine rings is 1. The van der Waals surface area contributed by atoms with Gasteiger partial charge in [-0.05, 0) is 26.1 Å². The van der Waals surface area contributed by atoms with E-state index in [9.17, 15) is 17.8 Å². The number of carbonyl (C=O) groups excluding carboxylic acids is 1. The molecule has 0 radical (unpaired) electrons. The molecule has 104 valence electrons. The zero-order valence-electron chi connectivity index (χ0n) is 11.5. The van der Waals surface area contributed by atoms with Gasteiger partial charge in [0.2, 0.25) is 0 Å². The Labute approximate surface area is 136 Å². The summed E-state index contributed by atoms with van der Waals surface area (Å²) < 4.78 is 33.0. The first kappa shape index (κ1) is 19.2. The van der Waals surface area contributed by atoms with Gasteiger partial charge in [0, 0.05) is 26.2 Å². The van der Waals surface area contributed by atoms with Crippen LogP contribution in [-0.4, -0.2) is 73.6 Å². The molecule has 1 aliphatic heterocycles. The van der Waals surface area contributed by atoms with E-state index in [4.69, 9.17) is 0 Å². The number of hydrogen-bond acceptors (Lipinski definition) is 6. The first-order valence-electron chi connectivity index (χ1n) is 5.86. The number of likely N-dealkylation sites (N-methyl/N-ethyl adjacent to an activating group) is 1. The van der Waals surface area contributed by atoms with Crippen molar-refractivity contribution in [2.45, 2.75) is 11.7 Å². The minimum Gasteiger partial charge on any atom is -0.747 e. The summed E-state index contributed by atoms with van der Waals surface area (Å²) in [5.41, 5.74) is 0. The zero-order chi connectivity index (χ0) is 13.8. The van der Waals surface area contributed by atoms with Crippen LogP contribution in [0.15, 0.2) is 12.7 Å². The molecule has 1 rings (SSSR count). The Kier molecular flexibility index (Phi) is 8.62. The average molecular weight is 298 g/mol. The van der Waals surface area contributed by atoms with Crippen molar-refractivity contribution in [2.75, 3.05) is 39.8 Å². The van der Waals surface area contributed by atoms with Gasteiger partial charge in [-0.25, -0.2) is 8.42 Å². The van der Waals surface area contributed by atoms with Crippen molar-refractivity contribution in [3.05, 3.63) is 12.7 Å². The van der Waals surface area contributed by atoms with Crippen LogP contribution in [0.4, 0.5) is 0 Å². The van der Waals surface area contributed by atoms with Gasteiger partial charge in [0.1, 0.15) is 15.4 Å². The molecule has 1 heterocycles. The van der Waals surface area contributed by atoms with Crippen molar-refractivity contribution in [1.82, 2.24) is 9.80 Å². The molecule has 19 heavy (non-hydrogen) atoms. The average Bonchev–Trinajstić information content (AvgIpc) is 2.29. The summed E-state index contributed by atoms with van der Waals surface area (Å²) >= 11 is 0. The van der Waals surface area contributed by atoms with Crippen molar-refractivity contribution >= 4 is 15.9 Å². The molecule has 0 spiro atoms. The second kappa shape index (κ2) is 8.51. The summed E-state index contributed by atoms with van der Waals surface area (Å²) in [4.78, 5) is 15.6. The van der Waals surface area contributed by atoms with Gasteiger partial charge in [0.25, 0.3) is 0 Å². The molecule has 0 aromatic carbocycles. The number of nitrogens with zero attached hydrogens (tertiary/aromatic N) is 2. The van der Waals surface area contributed by atoms with Crippen LogP contribution >= 0.6 is 0 Å². The van der Waals surface area contributed by atoms with Crippen molar-refractivity contribution < 1.29 is 47.3 Å². The predicted molar refractivity (Wildman–Crippen MR) is 67.2 cm³/mol. The summed E-state index contributed by atoms with van der Waals surface area (Å²) in [5, 5.41) is -1.49. The topological polar surface area (TPSA) is 80.8 Å². The molecule has 1 aliphatic rings. The normalized spacial score (nSPS) is 19.5. The van der Waals surface area contributed by atoms with Crippen molar-refractivity contribution in [2.24, 2.45) is 0 Å². The molecule has 6 nitrogen and oxygen atoms in total. The maximum Gasteiger partial charge on any atom is 1.00 e. The zero-order valence-corrected chi connectivity index (χ0v) is 14.4. The summed E-state index contributed by atoms with van der Waals surface area (Å²) in [5.74, 6) is -0.709. The number of ketones is 1. The van der Waals surface area contributed by atoms with Gasteiger partial charge in [0.05, 0.1) is 0 Å². The Bertz CT molecular complexity index is 405. The van der Waals surface area contributed by atoms with Gasteiger partial charge in [-0.3, -0.25) is 4.79 Å². The summed E-state index contributed by atoms with van der Waals surface area (Å²) in [7, 11) is -2.58. The summed E-state index contributed by atoms with van der Waals surface area (Å²) in [6.07, 6.45) is 0.949. The van der Waals surface area contributed by atoms with Crippen LogP contribution in [0.1, 0.15) is 6.42 Å². The van der Waals surface area contributed by atoms with E-state index in [1.165, 1.54) is 0 Å². The van der Waals surface area contributed by atoms with Crippen molar-refractivity contribution in [3.8, 4) is 0 Å². The standard InChI is InChI=1S/C11H20N2O4S.Na/c1-3-10(14)11(18(15,16)17)4-5-13-8-6-12(2)7-9-13;/h3,11H,1,4-9H2,2H3,(H,15,16,17);/q;+1/p-1.